The van der Waals surface area contributed by atoms with Crippen LogP contribution in [0.2, 0.25) is 0 Å². The number of hydrogen-bond acceptors (Lipinski definition) is 3. The number of likely N-dealkylation sites (tertiary alicyclic amines) is 1. The quantitative estimate of drug-likeness (QED) is 0.759. The monoisotopic (exact) mass is 378 g/mol. The summed E-state index contributed by atoms with van der Waals surface area (Å²) in [5.74, 6) is -0.583. The van der Waals surface area contributed by atoms with E-state index in [0.29, 0.717) is 11.1 Å². The van der Waals surface area contributed by atoms with E-state index in [4.69, 9.17) is 0 Å². The van der Waals surface area contributed by atoms with Crippen LogP contribution in [0.5, 0.6) is 0 Å². The lowest BCUT2D eigenvalue weighted by atomic mass is 10.1. The summed E-state index contributed by atoms with van der Waals surface area (Å²) in [6.07, 6.45) is 4.60. The number of carbonyl (C=O) groups excluding carboxylic acids is 3. The molecule has 0 radical (unpaired) electrons. The molecular weight excluding hydrogens is 360 g/mol. The van der Waals surface area contributed by atoms with Gasteiger partial charge in [-0.05, 0) is 31.0 Å². The molecule has 0 saturated carbocycles. The topological polar surface area (TPSA) is 57.7 Å². The lowest BCUT2D eigenvalue weighted by Crippen LogP contribution is -2.37. The minimum atomic E-state index is -0.310. The molecule has 1 aromatic carbocycles. The van der Waals surface area contributed by atoms with Crippen LogP contribution in [-0.4, -0.2) is 47.2 Å². The smallest absolute Gasteiger partial charge is 0.261 e. The number of halogens is 1. The number of amides is 3. The molecule has 3 rings (SSSR count). The molecule has 0 atom stereocenters. The molecule has 0 aromatic heterocycles. The number of rotatable bonds is 3. The van der Waals surface area contributed by atoms with Crippen LogP contribution in [0.4, 0.5) is 0 Å². The van der Waals surface area contributed by atoms with Crippen LogP contribution in [0, 0.1) is 0 Å². The lowest BCUT2D eigenvalue weighted by molar-refractivity contribution is -0.131. The molecule has 2 heterocycles. The van der Waals surface area contributed by atoms with Gasteiger partial charge < -0.3 is 4.90 Å². The van der Waals surface area contributed by atoms with E-state index in [2.05, 4.69) is 15.9 Å². The SMILES string of the molecule is O=C(CCN1C(=O)c2ccc(Br)cc2C1=O)N1CCCCCC1. The predicted octanol–water partition coefficient (Wildman–Crippen LogP) is 2.84. The van der Waals surface area contributed by atoms with Crippen molar-refractivity contribution < 1.29 is 14.4 Å². The van der Waals surface area contributed by atoms with Crippen molar-refractivity contribution in [3.63, 3.8) is 0 Å². The minimum Gasteiger partial charge on any atom is -0.343 e. The van der Waals surface area contributed by atoms with Crippen LogP contribution in [0.25, 0.3) is 0 Å². The maximum atomic E-state index is 12.4. The third-order valence-electron chi connectivity index (χ3n) is 4.44. The molecule has 5 nitrogen and oxygen atoms in total. The molecule has 122 valence electrons. The largest absolute Gasteiger partial charge is 0.343 e. The van der Waals surface area contributed by atoms with Crippen LogP contribution in [0.3, 0.4) is 0 Å². The third kappa shape index (κ3) is 3.32. The first-order valence-corrected chi connectivity index (χ1v) is 8.81. The van der Waals surface area contributed by atoms with Gasteiger partial charge in [0.1, 0.15) is 0 Å². The molecule has 1 saturated heterocycles. The number of imide groups is 1. The Balaban J connectivity index is 1.64. The van der Waals surface area contributed by atoms with Crippen molar-refractivity contribution in [1.29, 1.82) is 0 Å². The fraction of sp³-hybridized carbons (Fsp3) is 0.471. The van der Waals surface area contributed by atoms with Gasteiger partial charge in [0.2, 0.25) is 5.91 Å². The molecule has 0 unspecified atom stereocenters. The Morgan fingerprint density at radius 3 is 2.35 bits per heavy atom. The zero-order valence-electron chi connectivity index (χ0n) is 12.9. The van der Waals surface area contributed by atoms with E-state index in [0.717, 1.165) is 43.2 Å². The number of carbonyl (C=O) groups is 3. The second-order valence-corrected chi connectivity index (χ2v) is 6.91. The summed E-state index contributed by atoms with van der Waals surface area (Å²) in [5, 5.41) is 0. The fourth-order valence-electron chi connectivity index (χ4n) is 3.15. The van der Waals surface area contributed by atoms with Crippen LogP contribution < -0.4 is 0 Å². The number of fused-ring (bicyclic) bond motifs is 1. The first-order valence-electron chi connectivity index (χ1n) is 8.01. The molecule has 0 spiro atoms. The Morgan fingerprint density at radius 2 is 1.65 bits per heavy atom. The maximum absolute atomic E-state index is 12.4. The van der Waals surface area contributed by atoms with Gasteiger partial charge in [0.05, 0.1) is 11.1 Å². The van der Waals surface area contributed by atoms with Crippen molar-refractivity contribution in [2.45, 2.75) is 32.1 Å². The summed E-state index contributed by atoms with van der Waals surface area (Å²) >= 11 is 3.31. The van der Waals surface area contributed by atoms with E-state index in [9.17, 15) is 14.4 Å². The molecule has 2 aliphatic heterocycles. The van der Waals surface area contributed by atoms with Gasteiger partial charge >= 0.3 is 0 Å². The highest BCUT2D eigenvalue weighted by Crippen LogP contribution is 2.26. The van der Waals surface area contributed by atoms with E-state index >= 15 is 0 Å². The van der Waals surface area contributed by atoms with Gasteiger partial charge in [-0.15, -0.1) is 0 Å². The number of hydrogen-bond donors (Lipinski definition) is 0. The Labute approximate surface area is 143 Å². The van der Waals surface area contributed by atoms with Crippen molar-refractivity contribution >= 4 is 33.7 Å². The van der Waals surface area contributed by atoms with Crippen molar-refractivity contribution in [3.05, 3.63) is 33.8 Å². The Bertz CT molecular complexity index is 651. The van der Waals surface area contributed by atoms with Gasteiger partial charge in [0.15, 0.2) is 0 Å². The van der Waals surface area contributed by atoms with Crippen LogP contribution in [0.1, 0.15) is 52.8 Å². The van der Waals surface area contributed by atoms with E-state index in [1.165, 1.54) is 4.90 Å². The van der Waals surface area contributed by atoms with Crippen molar-refractivity contribution in [2.75, 3.05) is 19.6 Å². The third-order valence-corrected chi connectivity index (χ3v) is 4.93. The van der Waals surface area contributed by atoms with E-state index in [-0.39, 0.29) is 30.7 Å². The summed E-state index contributed by atoms with van der Waals surface area (Å²) in [6, 6.07) is 5.05. The second kappa shape index (κ2) is 6.83. The molecule has 3 amide bonds. The molecule has 2 aliphatic rings. The molecule has 1 fully saturated rings. The number of nitrogens with zero attached hydrogens (tertiary/aromatic N) is 2. The van der Waals surface area contributed by atoms with E-state index in [1.54, 1.807) is 18.2 Å². The highest BCUT2D eigenvalue weighted by atomic mass is 79.9. The summed E-state index contributed by atoms with van der Waals surface area (Å²) in [5.41, 5.74) is 0.826. The van der Waals surface area contributed by atoms with Gasteiger partial charge in [0, 0.05) is 30.5 Å². The molecule has 0 aliphatic carbocycles. The highest BCUT2D eigenvalue weighted by Gasteiger charge is 2.35. The standard InChI is InChI=1S/C17H19BrN2O3/c18-12-5-6-13-14(11-12)17(23)20(16(13)22)10-7-15(21)19-8-3-1-2-4-9-19/h5-6,11H,1-4,7-10H2. The summed E-state index contributed by atoms with van der Waals surface area (Å²) in [6.45, 7) is 1.72. The molecule has 0 N–H and O–H groups in total. The van der Waals surface area contributed by atoms with Gasteiger partial charge in [-0.2, -0.15) is 0 Å². The average Bonchev–Trinajstić information content (AvgIpc) is 2.75. The van der Waals surface area contributed by atoms with Crippen molar-refractivity contribution in [2.24, 2.45) is 0 Å². The zero-order valence-corrected chi connectivity index (χ0v) is 14.5. The molecule has 0 bridgehead atoms. The Morgan fingerprint density at radius 1 is 1.00 bits per heavy atom. The normalized spacial score (nSPS) is 18.1. The fourth-order valence-corrected chi connectivity index (χ4v) is 3.51. The number of benzene rings is 1. The average molecular weight is 379 g/mol. The van der Waals surface area contributed by atoms with Crippen LogP contribution in [0.15, 0.2) is 22.7 Å². The second-order valence-electron chi connectivity index (χ2n) is 6.00. The summed E-state index contributed by atoms with van der Waals surface area (Å²) in [7, 11) is 0. The van der Waals surface area contributed by atoms with Gasteiger partial charge in [-0.3, -0.25) is 19.3 Å². The van der Waals surface area contributed by atoms with E-state index < -0.39 is 0 Å². The molecule has 23 heavy (non-hydrogen) atoms. The predicted molar refractivity (Wildman–Crippen MR) is 89.2 cm³/mol. The van der Waals surface area contributed by atoms with Crippen molar-refractivity contribution in [3.8, 4) is 0 Å². The molecule has 6 heteroatoms. The first-order chi connectivity index (χ1) is 11.1. The van der Waals surface area contributed by atoms with Crippen LogP contribution >= 0.6 is 15.9 Å². The Hall–Kier alpha value is -1.69. The summed E-state index contributed by atoms with van der Waals surface area (Å²) < 4.78 is 0.764. The molecular formula is C17H19BrN2O3. The van der Waals surface area contributed by atoms with Gasteiger partial charge in [0.25, 0.3) is 11.8 Å². The van der Waals surface area contributed by atoms with Gasteiger partial charge in [-0.1, -0.05) is 28.8 Å². The maximum Gasteiger partial charge on any atom is 0.261 e. The minimum absolute atomic E-state index is 0.0321. The lowest BCUT2D eigenvalue weighted by Gasteiger charge is -2.21. The molecule has 1 aromatic rings. The van der Waals surface area contributed by atoms with E-state index in [1.807, 2.05) is 4.90 Å². The first kappa shape index (κ1) is 16.2. The van der Waals surface area contributed by atoms with Crippen molar-refractivity contribution in [1.82, 2.24) is 9.80 Å². The zero-order chi connectivity index (χ0) is 16.4. The van der Waals surface area contributed by atoms with Gasteiger partial charge in [-0.25, -0.2) is 0 Å². The Kier molecular flexibility index (Phi) is 4.80. The highest BCUT2D eigenvalue weighted by molar-refractivity contribution is 9.10. The van der Waals surface area contributed by atoms with Crippen LogP contribution in [-0.2, 0) is 4.79 Å². The summed E-state index contributed by atoms with van der Waals surface area (Å²) in [4.78, 5) is 40.1.